The van der Waals surface area contributed by atoms with Crippen molar-refractivity contribution in [2.75, 3.05) is 19.7 Å². The summed E-state index contributed by atoms with van der Waals surface area (Å²) in [6.45, 7) is 17.3. The van der Waals surface area contributed by atoms with Crippen LogP contribution in [0.3, 0.4) is 0 Å². The fraction of sp³-hybridized carbons (Fsp3) is 0.656. The first-order valence-electron chi connectivity index (χ1n) is 15.4. The molecule has 1 N–H and O–H groups in total. The molecule has 2 aromatic rings. The van der Waals surface area contributed by atoms with Crippen molar-refractivity contribution in [2.24, 2.45) is 0 Å². The van der Waals surface area contributed by atoms with E-state index in [1.165, 1.54) is 0 Å². The lowest BCUT2D eigenvalue weighted by atomic mass is 9.96. The van der Waals surface area contributed by atoms with E-state index in [-0.39, 0.29) is 24.7 Å². The number of alkyl carbamates (subject to hydrolysis) is 1. The number of aromatic nitrogens is 2. The van der Waals surface area contributed by atoms with Crippen LogP contribution in [0.5, 0.6) is 0 Å². The van der Waals surface area contributed by atoms with E-state index in [2.05, 4.69) is 36.4 Å². The Bertz CT molecular complexity index is 1130. The van der Waals surface area contributed by atoms with Crippen molar-refractivity contribution >= 4 is 20.3 Å². The zero-order valence-electron chi connectivity index (χ0n) is 26.8. The summed E-state index contributed by atoms with van der Waals surface area (Å²) >= 11 is 0. The fourth-order valence-corrected chi connectivity index (χ4v) is 5.91. The Kier molecular flexibility index (Phi) is 12.5. The van der Waals surface area contributed by atoms with Crippen LogP contribution in [0.1, 0.15) is 88.8 Å². The second-order valence-corrected chi connectivity index (χ2v) is 19.0. The van der Waals surface area contributed by atoms with Gasteiger partial charge in [-0.1, -0.05) is 63.3 Å². The van der Waals surface area contributed by atoms with Crippen molar-refractivity contribution in [2.45, 2.75) is 116 Å². The van der Waals surface area contributed by atoms with Gasteiger partial charge in [-0.3, -0.25) is 4.90 Å². The third-order valence-corrected chi connectivity index (χ3v) is 9.05. The highest BCUT2D eigenvalue weighted by Gasteiger charge is 2.36. The number of amides is 2. The van der Waals surface area contributed by atoms with Crippen molar-refractivity contribution < 1.29 is 23.8 Å². The summed E-state index contributed by atoms with van der Waals surface area (Å²) in [7, 11) is -1.24. The molecule has 1 unspecified atom stereocenters. The van der Waals surface area contributed by atoms with Crippen LogP contribution in [0.2, 0.25) is 25.7 Å². The molecule has 2 amide bonds. The van der Waals surface area contributed by atoms with E-state index in [9.17, 15) is 9.59 Å². The molecular formula is C32H52N4O5Si. The highest BCUT2D eigenvalue weighted by molar-refractivity contribution is 6.76. The lowest BCUT2D eigenvalue weighted by Gasteiger charge is -2.29. The Balaban J connectivity index is 1.74. The summed E-state index contributed by atoms with van der Waals surface area (Å²) in [6.07, 6.45) is 5.63. The predicted octanol–water partition coefficient (Wildman–Crippen LogP) is 7.47. The van der Waals surface area contributed by atoms with E-state index in [1.807, 2.05) is 62.2 Å². The summed E-state index contributed by atoms with van der Waals surface area (Å²) in [4.78, 5) is 32.2. The van der Waals surface area contributed by atoms with Crippen LogP contribution in [-0.4, -0.2) is 60.0 Å². The number of hydrogen-bond donors (Lipinski definition) is 1. The van der Waals surface area contributed by atoms with Gasteiger partial charge in [0, 0.05) is 45.6 Å². The molecule has 10 heteroatoms. The van der Waals surface area contributed by atoms with Crippen LogP contribution in [0.25, 0.3) is 0 Å². The molecule has 2 atom stereocenters. The number of benzene rings is 1. The maximum absolute atomic E-state index is 13.1. The molecule has 1 aliphatic heterocycles. The van der Waals surface area contributed by atoms with E-state index in [1.54, 1.807) is 0 Å². The number of rotatable bonds is 14. The van der Waals surface area contributed by atoms with Crippen molar-refractivity contribution in [1.29, 1.82) is 0 Å². The number of carbonyl (C=O) groups is 2. The van der Waals surface area contributed by atoms with Gasteiger partial charge in [0.2, 0.25) is 0 Å². The third kappa shape index (κ3) is 10.8. The summed E-state index contributed by atoms with van der Waals surface area (Å²) < 4.78 is 19.6. The molecule has 3 rings (SSSR count). The van der Waals surface area contributed by atoms with Crippen molar-refractivity contribution in [1.82, 2.24) is 19.8 Å². The Morgan fingerprint density at radius 1 is 1.14 bits per heavy atom. The molecule has 2 heterocycles. The molecule has 42 heavy (non-hydrogen) atoms. The first-order chi connectivity index (χ1) is 19.9. The second kappa shape index (κ2) is 15.6. The molecule has 0 bridgehead atoms. The highest BCUT2D eigenvalue weighted by Crippen LogP contribution is 2.35. The molecular weight excluding hydrogens is 548 g/mol. The zero-order valence-corrected chi connectivity index (χ0v) is 27.8. The molecule has 1 aromatic heterocycles. The third-order valence-electron chi connectivity index (χ3n) is 7.34. The quantitative estimate of drug-likeness (QED) is 0.179. The van der Waals surface area contributed by atoms with Crippen LogP contribution in [-0.2, 0) is 27.5 Å². The smallest absolute Gasteiger partial charge is 0.410 e. The topological polar surface area (TPSA) is 94.9 Å². The molecule has 9 nitrogen and oxygen atoms in total. The van der Waals surface area contributed by atoms with Gasteiger partial charge in [-0.25, -0.2) is 14.6 Å². The van der Waals surface area contributed by atoms with Gasteiger partial charge in [-0.15, -0.1) is 0 Å². The molecule has 1 saturated heterocycles. The van der Waals surface area contributed by atoms with Gasteiger partial charge < -0.3 is 24.1 Å². The monoisotopic (exact) mass is 600 g/mol. The van der Waals surface area contributed by atoms with Crippen LogP contribution in [0.15, 0.2) is 36.5 Å². The summed E-state index contributed by atoms with van der Waals surface area (Å²) in [5.74, 6) is 1.01. The number of ether oxygens (including phenoxy) is 3. The van der Waals surface area contributed by atoms with Gasteiger partial charge in [-0.05, 0) is 58.1 Å². The number of carbonyl (C=O) groups excluding carboxylic acids is 2. The number of imidazole rings is 1. The van der Waals surface area contributed by atoms with Crippen molar-refractivity contribution in [3.8, 4) is 0 Å². The van der Waals surface area contributed by atoms with Gasteiger partial charge in [0.1, 0.15) is 24.8 Å². The highest BCUT2D eigenvalue weighted by atomic mass is 28.3. The fourth-order valence-electron chi connectivity index (χ4n) is 5.16. The normalized spacial score (nSPS) is 16.4. The maximum atomic E-state index is 13.1. The van der Waals surface area contributed by atoms with Gasteiger partial charge in [0.05, 0.1) is 6.04 Å². The minimum Gasteiger partial charge on any atom is -0.445 e. The van der Waals surface area contributed by atoms with E-state index < -0.39 is 19.8 Å². The van der Waals surface area contributed by atoms with Crippen molar-refractivity contribution in [3.63, 3.8) is 0 Å². The van der Waals surface area contributed by atoms with Gasteiger partial charge in [-0.2, -0.15) is 0 Å². The lowest BCUT2D eigenvalue weighted by molar-refractivity contribution is 0.0202. The average Bonchev–Trinajstić information content (AvgIpc) is 3.56. The van der Waals surface area contributed by atoms with E-state index >= 15 is 0 Å². The summed E-state index contributed by atoms with van der Waals surface area (Å²) in [6, 6.07) is 10.6. The number of hydrogen-bond acceptors (Lipinski definition) is 6. The van der Waals surface area contributed by atoms with Gasteiger partial charge in [0.25, 0.3) is 0 Å². The van der Waals surface area contributed by atoms with Crippen LogP contribution < -0.4 is 5.32 Å². The van der Waals surface area contributed by atoms with E-state index in [0.717, 1.165) is 55.2 Å². The van der Waals surface area contributed by atoms with E-state index in [4.69, 9.17) is 19.2 Å². The Morgan fingerprint density at radius 2 is 1.88 bits per heavy atom. The Labute approximate surface area is 253 Å². The summed E-state index contributed by atoms with van der Waals surface area (Å²) in [5, 5.41) is 2.92. The standard InChI is InChI=1S/C32H52N4O5Si/c1-8-13-26(17-18-33-30(37)40-23-25-14-10-9-11-15-25)28-22-34-29(36(28)24-39-20-21-42(5,6)7)27-16-12-19-35(27)31(38)41-32(2,3)4/h9-11,14-15,22,26-27H,8,12-13,16-21,23-24H2,1-7H3,(H,33,37)/t26?,27-/m0/s1. The van der Waals surface area contributed by atoms with E-state index in [0.29, 0.717) is 26.4 Å². The number of nitrogens with zero attached hydrogens (tertiary/aromatic N) is 3. The Hall–Kier alpha value is -2.85. The molecule has 0 radical (unpaired) electrons. The van der Waals surface area contributed by atoms with Crippen LogP contribution in [0, 0.1) is 0 Å². The van der Waals surface area contributed by atoms with Crippen LogP contribution in [0.4, 0.5) is 9.59 Å². The van der Waals surface area contributed by atoms with Gasteiger partial charge in [0.15, 0.2) is 0 Å². The molecule has 1 fully saturated rings. The number of nitrogens with one attached hydrogen (secondary N) is 1. The van der Waals surface area contributed by atoms with Gasteiger partial charge >= 0.3 is 12.2 Å². The second-order valence-electron chi connectivity index (χ2n) is 13.4. The SMILES string of the molecule is CCCC(CCNC(=O)OCc1ccccc1)c1cnc([C@@H]2CCCN2C(=O)OC(C)(C)C)n1COCC[Si](C)(C)C. The molecule has 1 aromatic carbocycles. The zero-order chi connectivity index (χ0) is 30.8. The molecule has 0 saturated carbocycles. The van der Waals surface area contributed by atoms with Crippen LogP contribution >= 0.6 is 0 Å². The average molecular weight is 601 g/mol. The minimum atomic E-state index is -1.24. The molecule has 0 aliphatic carbocycles. The first-order valence-corrected chi connectivity index (χ1v) is 19.2. The first kappa shape index (κ1) is 33.6. The molecule has 0 spiro atoms. The largest absolute Gasteiger partial charge is 0.445 e. The maximum Gasteiger partial charge on any atom is 0.410 e. The minimum absolute atomic E-state index is 0.164. The predicted molar refractivity (Wildman–Crippen MR) is 168 cm³/mol. The molecule has 1 aliphatic rings. The Morgan fingerprint density at radius 3 is 2.55 bits per heavy atom. The lowest BCUT2D eigenvalue weighted by Crippen LogP contribution is -2.37. The number of likely N-dealkylation sites (tertiary alicyclic amines) is 1. The van der Waals surface area contributed by atoms with Crippen molar-refractivity contribution in [3.05, 3.63) is 53.6 Å². The molecule has 234 valence electrons. The summed E-state index contributed by atoms with van der Waals surface area (Å²) in [5.41, 5.74) is 1.47.